The standard InChI is InChI=1S/C12H15BrFNO/c1-8(15-11(16)12(2,3)13)9-6-4-5-7-10(9)14/h4-8H,1-3H3,(H,15,16). The van der Waals surface area contributed by atoms with E-state index in [9.17, 15) is 9.18 Å². The summed E-state index contributed by atoms with van der Waals surface area (Å²) in [5.74, 6) is -0.467. The van der Waals surface area contributed by atoms with Crippen molar-refractivity contribution < 1.29 is 9.18 Å². The minimum atomic E-state index is -0.646. The van der Waals surface area contributed by atoms with E-state index in [2.05, 4.69) is 21.2 Å². The number of hydrogen-bond acceptors (Lipinski definition) is 1. The second kappa shape index (κ2) is 4.95. The van der Waals surface area contributed by atoms with Crippen LogP contribution in [0.25, 0.3) is 0 Å². The zero-order chi connectivity index (χ0) is 12.3. The highest BCUT2D eigenvalue weighted by molar-refractivity contribution is 9.10. The van der Waals surface area contributed by atoms with Crippen molar-refractivity contribution in [3.8, 4) is 0 Å². The molecule has 1 aromatic rings. The molecule has 0 spiro atoms. The van der Waals surface area contributed by atoms with Gasteiger partial charge in [0.05, 0.1) is 10.4 Å². The van der Waals surface area contributed by atoms with Gasteiger partial charge in [-0.3, -0.25) is 4.79 Å². The van der Waals surface area contributed by atoms with Crippen LogP contribution in [0, 0.1) is 5.82 Å². The monoisotopic (exact) mass is 287 g/mol. The molecule has 0 aromatic heterocycles. The second-order valence-corrected chi connectivity index (χ2v) is 6.17. The van der Waals surface area contributed by atoms with Crippen molar-refractivity contribution in [2.45, 2.75) is 31.1 Å². The van der Waals surface area contributed by atoms with E-state index < -0.39 is 4.32 Å². The van der Waals surface area contributed by atoms with Gasteiger partial charge in [-0.05, 0) is 26.8 Å². The molecule has 1 amide bonds. The van der Waals surface area contributed by atoms with Gasteiger partial charge in [-0.25, -0.2) is 4.39 Å². The molecule has 16 heavy (non-hydrogen) atoms. The Morgan fingerprint density at radius 1 is 1.44 bits per heavy atom. The summed E-state index contributed by atoms with van der Waals surface area (Å²) in [6, 6.07) is 6.09. The van der Waals surface area contributed by atoms with E-state index in [1.807, 2.05) is 0 Å². The maximum atomic E-state index is 13.4. The lowest BCUT2D eigenvalue weighted by Gasteiger charge is -2.21. The van der Waals surface area contributed by atoms with E-state index in [1.54, 1.807) is 39.0 Å². The highest BCUT2D eigenvalue weighted by Crippen LogP contribution is 2.20. The Bertz CT molecular complexity index is 387. The summed E-state index contributed by atoms with van der Waals surface area (Å²) in [6.07, 6.45) is 0. The normalized spacial score (nSPS) is 13.3. The third kappa shape index (κ3) is 3.30. The van der Waals surface area contributed by atoms with Gasteiger partial charge in [0, 0.05) is 5.56 Å². The molecule has 2 nitrogen and oxygen atoms in total. The fourth-order valence-electron chi connectivity index (χ4n) is 1.27. The number of rotatable bonds is 3. The number of carbonyl (C=O) groups excluding carboxylic acids is 1. The fourth-order valence-corrected chi connectivity index (χ4v) is 1.39. The summed E-state index contributed by atoms with van der Waals surface area (Å²) in [4.78, 5) is 11.7. The van der Waals surface area contributed by atoms with Gasteiger partial charge in [-0.15, -0.1) is 0 Å². The Morgan fingerprint density at radius 2 is 2.00 bits per heavy atom. The Kier molecular flexibility index (Phi) is 4.08. The molecular weight excluding hydrogens is 273 g/mol. The lowest BCUT2D eigenvalue weighted by molar-refractivity contribution is -0.123. The van der Waals surface area contributed by atoms with Crippen LogP contribution >= 0.6 is 15.9 Å². The summed E-state index contributed by atoms with van der Waals surface area (Å²) >= 11 is 3.26. The molecule has 4 heteroatoms. The van der Waals surface area contributed by atoms with Gasteiger partial charge < -0.3 is 5.32 Å². The average Bonchev–Trinajstić information content (AvgIpc) is 2.16. The summed E-state index contributed by atoms with van der Waals surface area (Å²) in [5, 5.41) is 2.75. The minimum absolute atomic E-state index is 0.164. The molecule has 0 radical (unpaired) electrons. The van der Waals surface area contributed by atoms with Gasteiger partial charge in [0.2, 0.25) is 5.91 Å². The van der Waals surface area contributed by atoms with Gasteiger partial charge in [-0.1, -0.05) is 34.1 Å². The quantitative estimate of drug-likeness (QED) is 0.850. The van der Waals surface area contributed by atoms with Crippen LogP contribution in [0.3, 0.4) is 0 Å². The molecule has 1 N–H and O–H groups in total. The lowest BCUT2D eigenvalue weighted by atomic mass is 10.1. The Balaban J connectivity index is 2.78. The molecule has 1 atom stereocenters. The number of hydrogen-bond donors (Lipinski definition) is 1. The van der Waals surface area contributed by atoms with Crippen molar-refractivity contribution >= 4 is 21.8 Å². The maximum Gasteiger partial charge on any atom is 0.236 e. The van der Waals surface area contributed by atoms with Gasteiger partial charge in [0.1, 0.15) is 5.82 Å². The summed E-state index contributed by atoms with van der Waals surface area (Å²) in [6.45, 7) is 5.25. The van der Waals surface area contributed by atoms with Crippen molar-refractivity contribution in [3.63, 3.8) is 0 Å². The predicted octanol–water partition coefficient (Wildman–Crippen LogP) is 3.18. The molecule has 0 aliphatic heterocycles. The minimum Gasteiger partial charge on any atom is -0.348 e. The van der Waals surface area contributed by atoms with Crippen molar-refractivity contribution in [1.29, 1.82) is 0 Å². The summed E-state index contributed by atoms with van der Waals surface area (Å²) < 4.78 is 12.8. The van der Waals surface area contributed by atoms with E-state index in [-0.39, 0.29) is 17.8 Å². The van der Waals surface area contributed by atoms with Crippen molar-refractivity contribution in [1.82, 2.24) is 5.32 Å². The molecule has 0 saturated heterocycles. The van der Waals surface area contributed by atoms with Crippen molar-refractivity contribution in [2.24, 2.45) is 0 Å². The summed E-state index contributed by atoms with van der Waals surface area (Å²) in [7, 11) is 0. The number of halogens is 2. The van der Waals surface area contributed by atoms with Crippen molar-refractivity contribution in [2.75, 3.05) is 0 Å². The molecule has 0 saturated carbocycles. The van der Waals surface area contributed by atoms with Crippen LogP contribution in [0.5, 0.6) is 0 Å². The zero-order valence-corrected chi connectivity index (χ0v) is 11.1. The number of amides is 1. The molecule has 1 unspecified atom stereocenters. The van der Waals surface area contributed by atoms with Crippen LogP contribution < -0.4 is 5.32 Å². The number of alkyl halides is 1. The molecule has 0 aliphatic rings. The maximum absolute atomic E-state index is 13.4. The molecule has 0 heterocycles. The smallest absolute Gasteiger partial charge is 0.236 e. The lowest BCUT2D eigenvalue weighted by Crippen LogP contribution is -2.39. The Labute approximate surface area is 103 Å². The highest BCUT2D eigenvalue weighted by Gasteiger charge is 2.25. The van der Waals surface area contributed by atoms with Crippen LogP contribution in [0.2, 0.25) is 0 Å². The van der Waals surface area contributed by atoms with Gasteiger partial charge in [-0.2, -0.15) is 0 Å². The third-order valence-electron chi connectivity index (χ3n) is 2.26. The van der Waals surface area contributed by atoms with Crippen LogP contribution in [-0.2, 0) is 4.79 Å². The first-order valence-electron chi connectivity index (χ1n) is 5.06. The van der Waals surface area contributed by atoms with Gasteiger partial charge in [0.15, 0.2) is 0 Å². The molecule has 1 rings (SSSR count). The van der Waals surface area contributed by atoms with E-state index in [1.165, 1.54) is 6.07 Å². The van der Waals surface area contributed by atoms with E-state index in [0.717, 1.165) is 0 Å². The highest BCUT2D eigenvalue weighted by atomic mass is 79.9. The number of nitrogens with one attached hydrogen (secondary N) is 1. The topological polar surface area (TPSA) is 29.1 Å². The molecule has 88 valence electrons. The Hall–Kier alpha value is -0.900. The molecular formula is C12H15BrFNO. The SMILES string of the molecule is CC(NC(=O)C(C)(C)Br)c1ccccc1F. The van der Waals surface area contributed by atoms with E-state index in [0.29, 0.717) is 5.56 Å². The first-order chi connectivity index (χ1) is 7.32. The predicted molar refractivity (Wildman–Crippen MR) is 66.0 cm³/mol. The van der Waals surface area contributed by atoms with Gasteiger partial charge in [0.25, 0.3) is 0 Å². The van der Waals surface area contributed by atoms with E-state index in [4.69, 9.17) is 0 Å². The first-order valence-corrected chi connectivity index (χ1v) is 5.86. The van der Waals surface area contributed by atoms with Gasteiger partial charge >= 0.3 is 0 Å². The number of benzene rings is 1. The summed E-state index contributed by atoms with van der Waals surface area (Å²) in [5.41, 5.74) is 0.493. The average molecular weight is 288 g/mol. The Morgan fingerprint density at radius 3 is 2.50 bits per heavy atom. The van der Waals surface area contributed by atoms with Crippen LogP contribution in [0.1, 0.15) is 32.4 Å². The van der Waals surface area contributed by atoms with Crippen LogP contribution in [0.15, 0.2) is 24.3 Å². The van der Waals surface area contributed by atoms with Crippen LogP contribution in [0.4, 0.5) is 4.39 Å². The zero-order valence-electron chi connectivity index (χ0n) is 9.55. The molecule has 0 bridgehead atoms. The van der Waals surface area contributed by atoms with Crippen LogP contribution in [-0.4, -0.2) is 10.2 Å². The van der Waals surface area contributed by atoms with Crippen molar-refractivity contribution in [3.05, 3.63) is 35.6 Å². The molecule has 1 aromatic carbocycles. The third-order valence-corrected chi connectivity index (χ3v) is 2.62. The first kappa shape index (κ1) is 13.2. The molecule has 0 aliphatic carbocycles. The fraction of sp³-hybridized carbons (Fsp3) is 0.417. The number of carbonyl (C=O) groups is 1. The molecule has 0 fully saturated rings. The largest absolute Gasteiger partial charge is 0.348 e. The second-order valence-electron chi connectivity index (χ2n) is 4.19. The van der Waals surface area contributed by atoms with E-state index >= 15 is 0 Å².